The van der Waals surface area contributed by atoms with E-state index < -0.39 is 5.82 Å². The topological polar surface area (TPSA) is 32.3 Å². The number of benzene rings is 1. The molecule has 1 amide bonds. The molecule has 0 aromatic heterocycles. The molecular weight excluding hydrogens is 287 g/mol. The highest BCUT2D eigenvalue weighted by Gasteiger charge is 2.07. The van der Waals surface area contributed by atoms with Crippen LogP contribution in [0.2, 0.25) is 0 Å². The maximum Gasteiger partial charge on any atom is 0.251 e. The Balaban J connectivity index is 2.47. The summed E-state index contributed by atoms with van der Waals surface area (Å²) in [5, 5.41) is 2.76. The van der Waals surface area contributed by atoms with Gasteiger partial charge in [-0.05, 0) is 45.3 Å². The highest BCUT2D eigenvalue weighted by atomic mass is 79.9. The van der Waals surface area contributed by atoms with Gasteiger partial charge in [0.1, 0.15) is 5.82 Å². The number of nitrogens with zero attached hydrogens (tertiary/aromatic N) is 1. The van der Waals surface area contributed by atoms with Crippen LogP contribution < -0.4 is 5.32 Å². The Labute approximate surface area is 109 Å². The first-order chi connectivity index (χ1) is 7.99. The van der Waals surface area contributed by atoms with Gasteiger partial charge in [-0.15, -0.1) is 0 Å². The summed E-state index contributed by atoms with van der Waals surface area (Å²) in [4.78, 5) is 13.7. The van der Waals surface area contributed by atoms with Crippen LogP contribution in [0.5, 0.6) is 0 Å². The van der Waals surface area contributed by atoms with Crippen LogP contribution in [-0.2, 0) is 0 Å². The fourth-order valence-corrected chi connectivity index (χ4v) is 1.85. The van der Waals surface area contributed by atoms with Crippen molar-refractivity contribution in [3.05, 3.63) is 34.1 Å². The van der Waals surface area contributed by atoms with Crippen LogP contribution in [0.1, 0.15) is 16.8 Å². The van der Waals surface area contributed by atoms with Crippen LogP contribution in [0.4, 0.5) is 4.39 Å². The van der Waals surface area contributed by atoms with Gasteiger partial charge in [0.2, 0.25) is 0 Å². The van der Waals surface area contributed by atoms with Crippen molar-refractivity contribution in [2.45, 2.75) is 6.42 Å². The van der Waals surface area contributed by atoms with Gasteiger partial charge in [-0.25, -0.2) is 4.39 Å². The van der Waals surface area contributed by atoms with E-state index in [0.717, 1.165) is 13.0 Å². The van der Waals surface area contributed by atoms with Crippen LogP contribution in [0.25, 0.3) is 0 Å². The zero-order chi connectivity index (χ0) is 12.8. The van der Waals surface area contributed by atoms with Gasteiger partial charge in [-0.2, -0.15) is 0 Å². The molecule has 0 radical (unpaired) electrons. The average molecular weight is 303 g/mol. The molecule has 5 heteroatoms. The van der Waals surface area contributed by atoms with Gasteiger partial charge < -0.3 is 10.2 Å². The molecule has 0 fully saturated rings. The quantitative estimate of drug-likeness (QED) is 0.846. The molecule has 0 saturated heterocycles. The van der Waals surface area contributed by atoms with Crippen molar-refractivity contribution in [1.29, 1.82) is 0 Å². The molecule has 0 atom stereocenters. The SMILES string of the molecule is CN(C)CCCNC(=O)c1cc(F)cc(Br)c1. The molecule has 0 unspecified atom stereocenters. The summed E-state index contributed by atoms with van der Waals surface area (Å²) in [6.45, 7) is 1.50. The normalized spacial score (nSPS) is 10.6. The van der Waals surface area contributed by atoms with E-state index in [0.29, 0.717) is 16.6 Å². The Bertz CT molecular complexity index is 376. The molecule has 94 valence electrons. The number of carbonyl (C=O) groups excluding carboxylic acids is 1. The maximum atomic E-state index is 13.1. The zero-order valence-electron chi connectivity index (χ0n) is 9.96. The van der Waals surface area contributed by atoms with Crippen molar-refractivity contribution in [2.75, 3.05) is 27.2 Å². The predicted octanol–water partition coefficient (Wildman–Crippen LogP) is 2.27. The third-order valence-electron chi connectivity index (χ3n) is 2.19. The van der Waals surface area contributed by atoms with Crippen molar-refractivity contribution in [3.63, 3.8) is 0 Å². The van der Waals surface area contributed by atoms with E-state index in [1.165, 1.54) is 12.1 Å². The van der Waals surface area contributed by atoms with Crippen molar-refractivity contribution in [1.82, 2.24) is 10.2 Å². The van der Waals surface area contributed by atoms with E-state index in [1.807, 2.05) is 19.0 Å². The minimum Gasteiger partial charge on any atom is -0.352 e. The number of halogens is 2. The second kappa shape index (κ2) is 6.71. The van der Waals surface area contributed by atoms with E-state index >= 15 is 0 Å². The number of hydrogen-bond donors (Lipinski definition) is 1. The first-order valence-corrected chi connectivity index (χ1v) is 6.17. The molecule has 0 spiro atoms. The Hall–Kier alpha value is -0.940. The van der Waals surface area contributed by atoms with Gasteiger partial charge >= 0.3 is 0 Å². The van der Waals surface area contributed by atoms with Crippen LogP contribution in [-0.4, -0.2) is 38.0 Å². The molecule has 1 aromatic rings. The molecule has 0 aliphatic rings. The molecule has 1 N–H and O–H groups in total. The zero-order valence-corrected chi connectivity index (χ0v) is 11.6. The highest BCUT2D eigenvalue weighted by Crippen LogP contribution is 2.14. The first-order valence-electron chi connectivity index (χ1n) is 5.38. The summed E-state index contributed by atoms with van der Waals surface area (Å²) >= 11 is 3.16. The van der Waals surface area contributed by atoms with Crippen LogP contribution >= 0.6 is 15.9 Å². The average Bonchev–Trinajstić information content (AvgIpc) is 2.22. The first kappa shape index (κ1) is 14.1. The van der Waals surface area contributed by atoms with Gasteiger partial charge in [0, 0.05) is 16.6 Å². The Morgan fingerprint density at radius 2 is 2.12 bits per heavy atom. The van der Waals surface area contributed by atoms with Crippen molar-refractivity contribution < 1.29 is 9.18 Å². The standard InChI is InChI=1S/C12H16BrFN2O/c1-16(2)5-3-4-15-12(17)9-6-10(13)8-11(14)7-9/h6-8H,3-5H2,1-2H3,(H,15,17). The number of carbonyl (C=O) groups is 1. The smallest absolute Gasteiger partial charge is 0.251 e. The van der Waals surface area contributed by atoms with E-state index in [9.17, 15) is 9.18 Å². The summed E-state index contributed by atoms with van der Waals surface area (Å²) in [7, 11) is 3.96. The molecular formula is C12H16BrFN2O. The highest BCUT2D eigenvalue weighted by molar-refractivity contribution is 9.10. The van der Waals surface area contributed by atoms with Crippen LogP contribution in [0.3, 0.4) is 0 Å². The molecule has 0 heterocycles. The maximum absolute atomic E-state index is 13.1. The lowest BCUT2D eigenvalue weighted by Gasteiger charge is -2.10. The third-order valence-corrected chi connectivity index (χ3v) is 2.65. The van der Waals surface area contributed by atoms with Crippen LogP contribution in [0, 0.1) is 5.82 Å². The summed E-state index contributed by atoms with van der Waals surface area (Å²) < 4.78 is 13.6. The molecule has 3 nitrogen and oxygen atoms in total. The fraction of sp³-hybridized carbons (Fsp3) is 0.417. The van der Waals surface area contributed by atoms with Gasteiger partial charge in [-0.3, -0.25) is 4.79 Å². The molecule has 0 saturated carbocycles. The largest absolute Gasteiger partial charge is 0.352 e. The fourth-order valence-electron chi connectivity index (χ4n) is 1.38. The summed E-state index contributed by atoms with van der Waals surface area (Å²) in [5.74, 6) is -0.665. The second-order valence-corrected chi connectivity index (χ2v) is 4.99. The van der Waals surface area contributed by atoms with E-state index in [4.69, 9.17) is 0 Å². The molecule has 0 aliphatic heterocycles. The Morgan fingerprint density at radius 3 is 2.71 bits per heavy atom. The van der Waals surface area contributed by atoms with Gasteiger partial charge in [0.05, 0.1) is 0 Å². The molecule has 1 aromatic carbocycles. The van der Waals surface area contributed by atoms with Crippen molar-refractivity contribution >= 4 is 21.8 Å². The summed E-state index contributed by atoms with van der Waals surface area (Å²) in [5.41, 5.74) is 0.335. The lowest BCUT2D eigenvalue weighted by Crippen LogP contribution is -2.27. The Kier molecular flexibility index (Phi) is 5.58. The number of amides is 1. The monoisotopic (exact) mass is 302 g/mol. The third kappa shape index (κ3) is 5.28. The number of hydrogen-bond acceptors (Lipinski definition) is 2. The molecule has 0 bridgehead atoms. The lowest BCUT2D eigenvalue weighted by atomic mass is 10.2. The van der Waals surface area contributed by atoms with E-state index in [2.05, 4.69) is 21.2 Å². The van der Waals surface area contributed by atoms with Crippen molar-refractivity contribution in [3.8, 4) is 0 Å². The van der Waals surface area contributed by atoms with Crippen LogP contribution in [0.15, 0.2) is 22.7 Å². The van der Waals surface area contributed by atoms with Gasteiger partial charge in [0.25, 0.3) is 5.91 Å². The number of nitrogens with one attached hydrogen (secondary N) is 1. The molecule has 1 rings (SSSR count). The van der Waals surface area contributed by atoms with E-state index in [-0.39, 0.29) is 5.91 Å². The Morgan fingerprint density at radius 1 is 1.41 bits per heavy atom. The van der Waals surface area contributed by atoms with Gasteiger partial charge in [0.15, 0.2) is 0 Å². The summed E-state index contributed by atoms with van der Waals surface area (Å²) in [6, 6.07) is 4.15. The van der Waals surface area contributed by atoms with E-state index in [1.54, 1.807) is 6.07 Å². The molecule has 0 aliphatic carbocycles. The second-order valence-electron chi connectivity index (χ2n) is 4.07. The lowest BCUT2D eigenvalue weighted by molar-refractivity contribution is 0.0952. The van der Waals surface area contributed by atoms with Crippen molar-refractivity contribution in [2.24, 2.45) is 0 Å². The predicted molar refractivity (Wildman–Crippen MR) is 69.6 cm³/mol. The van der Waals surface area contributed by atoms with Gasteiger partial charge in [-0.1, -0.05) is 15.9 Å². The number of rotatable bonds is 5. The minimum atomic E-state index is -0.419. The minimum absolute atomic E-state index is 0.246. The summed E-state index contributed by atoms with van der Waals surface area (Å²) in [6.07, 6.45) is 0.870. The molecule has 17 heavy (non-hydrogen) atoms.